The number of carboxylic acids is 1. The molecule has 0 radical (unpaired) electrons. The molecule has 7 nitrogen and oxygen atoms in total. The number of carbonyl (C=O) groups excluding carboxylic acids is 1. The molecule has 0 unspecified atom stereocenters. The van der Waals surface area contributed by atoms with E-state index in [1.165, 1.54) is 11.1 Å². The highest BCUT2D eigenvalue weighted by molar-refractivity contribution is 9.10. The van der Waals surface area contributed by atoms with Crippen molar-refractivity contribution in [1.29, 1.82) is 0 Å². The number of aliphatic carboxylic acids is 1. The van der Waals surface area contributed by atoms with Crippen molar-refractivity contribution < 1.29 is 28.9 Å². The minimum atomic E-state index is -0.787. The molecule has 1 fully saturated rings. The van der Waals surface area contributed by atoms with E-state index in [0.29, 0.717) is 18.7 Å². The molecule has 1 saturated heterocycles. The van der Waals surface area contributed by atoms with E-state index < -0.39 is 17.6 Å². The van der Waals surface area contributed by atoms with Gasteiger partial charge in [0.25, 0.3) is 0 Å². The zero-order valence-electron chi connectivity index (χ0n) is 26.3. The summed E-state index contributed by atoms with van der Waals surface area (Å²) in [6, 6.07) is 19.7. The summed E-state index contributed by atoms with van der Waals surface area (Å²) in [5.74, 6) is 1.06. The van der Waals surface area contributed by atoms with E-state index in [4.69, 9.17) is 30.9 Å². The molecule has 1 aliphatic carbocycles. The number of amides is 1. The Morgan fingerprint density at radius 3 is 2.11 bits per heavy atom. The summed E-state index contributed by atoms with van der Waals surface area (Å²) >= 11 is 12.4. The van der Waals surface area contributed by atoms with Crippen molar-refractivity contribution in [3.05, 3.63) is 91.9 Å². The predicted molar refractivity (Wildman–Crippen MR) is 188 cm³/mol. The zero-order valence-corrected chi connectivity index (χ0v) is 31.1. The summed E-state index contributed by atoms with van der Waals surface area (Å²) in [5, 5.41) is 8.81. The van der Waals surface area contributed by atoms with Gasteiger partial charge >= 0.3 is 5.97 Å². The fourth-order valence-electron chi connectivity index (χ4n) is 5.37. The lowest BCUT2D eigenvalue weighted by Gasteiger charge is -2.33. The summed E-state index contributed by atoms with van der Waals surface area (Å²) < 4.78 is 18.1. The van der Waals surface area contributed by atoms with Crippen molar-refractivity contribution in [3.8, 4) is 11.5 Å². The molecule has 3 atom stereocenters. The van der Waals surface area contributed by atoms with Crippen LogP contribution in [0.5, 0.6) is 11.5 Å². The van der Waals surface area contributed by atoms with Crippen LogP contribution in [0.4, 0.5) is 0 Å². The van der Waals surface area contributed by atoms with Crippen LogP contribution in [-0.2, 0) is 33.0 Å². The third-order valence-electron chi connectivity index (χ3n) is 7.61. The first kappa shape index (κ1) is 38.9. The van der Waals surface area contributed by atoms with E-state index in [2.05, 4.69) is 50.1 Å². The van der Waals surface area contributed by atoms with Gasteiger partial charge < -0.3 is 24.2 Å². The van der Waals surface area contributed by atoms with Crippen LogP contribution in [-0.4, -0.2) is 47.9 Å². The van der Waals surface area contributed by atoms with Crippen LogP contribution < -0.4 is 9.47 Å². The molecule has 3 aromatic rings. The van der Waals surface area contributed by atoms with Crippen molar-refractivity contribution in [1.82, 2.24) is 4.90 Å². The maximum absolute atomic E-state index is 12.2. The van der Waals surface area contributed by atoms with Crippen LogP contribution >= 0.6 is 55.9 Å². The van der Waals surface area contributed by atoms with Crippen LogP contribution in [0.3, 0.4) is 0 Å². The quantitative estimate of drug-likeness (QED) is 0.241. The average molecular weight is 790 g/mol. The fourth-order valence-corrected chi connectivity index (χ4v) is 6.55. The van der Waals surface area contributed by atoms with E-state index in [9.17, 15) is 9.59 Å². The smallest absolute Gasteiger partial charge is 0.306 e. The van der Waals surface area contributed by atoms with Crippen molar-refractivity contribution in [3.63, 3.8) is 0 Å². The molecular formula is C34H41Br2Cl2NO6. The summed E-state index contributed by atoms with van der Waals surface area (Å²) in [4.78, 5) is 24.9. The number of nitrogens with zero attached hydrogens (tertiary/aromatic N) is 1. The number of fused-ring (bicyclic) bond motifs is 3. The highest BCUT2D eigenvalue weighted by Gasteiger charge is 2.52. The molecule has 5 rings (SSSR count). The Bertz CT molecular complexity index is 1450. The molecule has 0 aromatic heterocycles. The number of halogens is 4. The topological polar surface area (TPSA) is 85.3 Å². The van der Waals surface area contributed by atoms with Crippen LogP contribution in [0.25, 0.3) is 0 Å². The van der Waals surface area contributed by atoms with Crippen LogP contribution in [0.2, 0.25) is 0 Å². The Hall–Kier alpha value is -2.30. The predicted octanol–water partition coefficient (Wildman–Crippen LogP) is 9.00. The highest BCUT2D eigenvalue weighted by atomic mass is 79.9. The molecule has 0 bridgehead atoms. The maximum atomic E-state index is 12.2. The normalized spacial score (nSPS) is 17.7. The molecule has 1 aliphatic heterocycles. The molecule has 1 N–H and O–H groups in total. The third-order valence-corrected chi connectivity index (χ3v) is 9.45. The number of carboxylic acid groups (broad SMARTS) is 1. The number of hydrogen-bond acceptors (Lipinski definition) is 5. The van der Waals surface area contributed by atoms with E-state index in [-0.39, 0.29) is 30.5 Å². The van der Waals surface area contributed by atoms with Gasteiger partial charge in [-0.2, -0.15) is 0 Å². The summed E-state index contributed by atoms with van der Waals surface area (Å²) in [6.45, 7) is 7.57. The van der Waals surface area contributed by atoms with Crippen molar-refractivity contribution in [2.24, 2.45) is 5.92 Å². The lowest BCUT2D eigenvalue weighted by Crippen LogP contribution is -2.44. The first-order chi connectivity index (χ1) is 20.9. The first-order valence-electron chi connectivity index (χ1n) is 14.4. The maximum Gasteiger partial charge on any atom is 0.306 e. The van der Waals surface area contributed by atoms with E-state index >= 15 is 0 Å². The molecule has 45 heavy (non-hydrogen) atoms. The lowest BCUT2D eigenvalue weighted by atomic mass is 10.0. The number of hydrogen-bond donors (Lipinski definition) is 1. The monoisotopic (exact) mass is 787 g/mol. The molecule has 2 aliphatic rings. The van der Waals surface area contributed by atoms with Gasteiger partial charge in [-0.15, -0.1) is 24.0 Å². The van der Waals surface area contributed by atoms with Crippen LogP contribution in [0.15, 0.2) is 69.6 Å². The Balaban J connectivity index is 0.000000240. The van der Waals surface area contributed by atoms with Gasteiger partial charge in [0.2, 0.25) is 5.91 Å². The minimum absolute atomic E-state index is 0. The van der Waals surface area contributed by atoms with Gasteiger partial charge in [-0.05, 0) is 78.9 Å². The number of ether oxygens (including phenoxy) is 3. The van der Waals surface area contributed by atoms with Gasteiger partial charge in [0, 0.05) is 27.7 Å². The standard InChI is InChI=1S/C15H19NO2.C11H13BrO3.C8H8BrClO.ClH/c1-4-13(17)16-14-11-8-6-5-7-10(11)9-12(14)18-15(16,2)3;1-7(11(13)14)5-8-6-9(15-2)3-4-10(8)12;1-11-7-2-3-8(9)6(4-7)5-10;/h5-8,12,14H,4,9H2,1-3H3;3-4,6-7H,5H2,1-2H3,(H,13,14);2-4H,5H2,1H3;1H/t12-,14+;7-;;/m00../s1. The first-order valence-corrected chi connectivity index (χ1v) is 16.5. The van der Waals surface area contributed by atoms with E-state index in [1.807, 2.05) is 68.1 Å². The van der Waals surface area contributed by atoms with Gasteiger partial charge in [-0.25, -0.2) is 0 Å². The summed E-state index contributed by atoms with van der Waals surface area (Å²) in [6.07, 6.45) is 2.05. The van der Waals surface area contributed by atoms with Gasteiger partial charge in [-0.3, -0.25) is 9.59 Å². The number of methoxy groups -OCH3 is 2. The molecule has 1 heterocycles. The molecule has 11 heteroatoms. The Morgan fingerprint density at radius 1 is 1.02 bits per heavy atom. The molecule has 1 amide bonds. The average Bonchev–Trinajstić information content (AvgIpc) is 3.48. The third kappa shape index (κ3) is 9.85. The number of carbonyl (C=O) groups is 2. The van der Waals surface area contributed by atoms with Crippen molar-refractivity contribution in [2.45, 2.75) is 70.7 Å². The van der Waals surface area contributed by atoms with Crippen molar-refractivity contribution >= 4 is 67.7 Å². The molecule has 3 aromatic carbocycles. The van der Waals surface area contributed by atoms with Gasteiger partial charge in [0.1, 0.15) is 17.2 Å². The number of benzene rings is 3. The van der Waals surface area contributed by atoms with Crippen molar-refractivity contribution in [2.75, 3.05) is 14.2 Å². The highest BCUT2D eigenvalue weighted by Crippen LogP contribution is 2.48. The Morgan fingerprint density at radius 2 is 1.58 bits per heavy atom. The number of rotatable bonds is 7. The Labute approximate surface area is 294 Å². The van der Waals surface area contributed by atoms with Gasteiger partial charge in [-0.1, -0.05) is 70.0 Å². The van der Waals surface area contributed by atoms with E-state index in [1.54, 1.807) is 21.1 Å². The molecule has 0 spiro atoms. The summed E-state index contributed by atoms with van der Waals surface area (Å²) in [7, 11) is 3.23. The molecule has 246 valence electrons. The number of alkyl halides is 1. The van der Waals surface area contributed by atoms with Crippen LogP contribution in [0, 0.1) is 5.92 Å². The SMILES string of the molecule is CCC(=O)N1[C@@H]2c3ccccc3C[C@@H]2OC1(C)C.COc1ccc(Br)c(CCl)c1.COc1ccc(Br)c(C[C@H](C)C(=O)O)c1.Cl. The second kappa shape index (κ2) is 17.6. The summed E-state index contributed by atoms with van der Waals surface area (Å²) in [5.41, 5.74) is 4.08. The minimum Gasteiger partial charge on any atom is -0.497 e. The van der Waals surface area contributed by atoms with Crippen LogP contribution in [0.1, 0.15) is 62.4 Å². The second-order valence-corrected chi connectivity index (χ2v) is 13.0. The Kier molecular flexibility index (Phi) is 15.2. The fraction of sp³-hybridized carbons (Fsp3) is 0.412. The molecular weight excluding hydrogens is 749 g/mol. The van der Waals surface area contributed by atoms with Gasteiger partial charge in [0.15, 0.2) is 0 Å². The van der Waals surface area contributed by atoms with E-state index in [0.717, 1.165) is 38.0 Å². The lowest BCUT2D eigenvalue weighted by molar-refractivity contribution is -0.147. The van der Waals surface area contributed by atoms with Gasteiger partial charge in [0.05, 0.1) is 32.3 Å². The second-order valence-electron chi connectivity index (χ2n) is 11.1. The molecule has 0 saturated carbocycles. The zero-order chi connectivity index (χ0) is 32.6. The largest absolute Gasteiger partial charge is 0.497 e.